The van der Waals surface area contributed by atoms with Crippen molar-refractivity contribution >= 4 is 32.9 Å². The maximum Gasteiger partial charge on any atom is 0.159 e. The lowest BCUT2D eigenvalue weighted by Gasteiger charge is -2.33. The largest absolute Gasteiger partial charge is 0.351 e. The molecular weight excluding hydrogens is 332 g/mol. The predicted molar refractivity (Wildman–Crippen MR) is 91.9 cm³/mol. The van der Waals surface area contributed by atoms with Crippen LogP contribution in [0.4, 0.5) is 0 Å². The Kier molecular flexibility index (Phi) is 5.05. The first-order valence-electron chi connectivity index (χ1n) is 7.41. The zero-order valence-electron chi connectivity index (χ0n) is 11.7. The molecule has 0 radical (unpaired) electrons. The summed E-state index contributed by atoms with van der Waals surface area (Å²) in [5.41, 5.74) is 1.48. The third-order valence-electron chi connectivity index (χ3n) is 4.13. The highest BCUT2D eigenvalue weighted by Gasteiger charge is 2.26. The summed E-state index contributed by atoms with van der Waals surface area (Å²) in [5.74, 6) is 0.840. The third kappa shape index (κ3) is 3.59. The molecule has 0 amide bonds. The Labute approximate surface area is 134 Å². The second-order valence-corrected chi connectivity index (χ2v) is 7.55. The smallest absolute Gasteiger partial charge is 0.159 e. The lowest BCUT2D eigenvalue weighted by atomic mass is 9.90. The van der Waals surface area contributed by atoms with Crippen LogP contribution in [0.1, 0.15) is 18.4 Å². The number of benzene rings is 1. The van der Waals surface area contributed by atoms with Gasteiger partial charge >= 0.3 is 0 Å². The molecular formula is C16H21BrN2S. The molecule has 2 heterocycles. The van der Waals surface area contributed by atoms with E-state index in [1.165, 1.54) is 43.1 Å². The van der Waals surface area contributed by atoms with Crippen molar-refractivity contribution in [2.24, 2.45) is 10.9 Å². The van der Waals surface area contributed by atoms with Crippen LogP contribution in [0.2, 0.25) is 0 Å². The fraction of sp³-hybridized carbons (Fsp3) is 0.562. The maximum absolute atomic E-state index is 4.70. The first-order valence-corrected chi connectivity index (χ1v) is 9.41. The summed E-state index contributed by atoms with van der Waals surface area (Å²) in [4.78, 5) is 7.19. The molecule has 1 unspecified atom stereocenters. The summed E-state index contributed by atoms with van der Waals surface area (Å²) >= 11 is 5.51. The van der Waals surface area contributed by atoms with Gasteiger partial charge in [-0.2, -0.15) is 0 Å². The van der Waals surface area contributed by atoms with Gasteiger partial charge in [0.25, 0.3) is 0 Å². The van der Waals surface area contributed by atoms with Crippen molar-refractivity contribution in [2.45, 2.75) is 24.5 Å². The van der Waals surface area contributed by atoms with Gasteiger partial charge in [-0.1, -0.05) is 58.0 Å². The van der Waals surface area contributed by atoms with Crippen molar-refractivity contribution in [1.29, 1.82) is 0 Å². The fourth-order valence-corrected chi connectivity index (χ4v) is 4.53. The van der Waals surface area contributed by atoms with Crippen LogP contribution in [0, 0.1) is 5.92 Å². The highest BCUT2D eigenvalue weighted by Crippen LogP contribution is 2.29. The number of rotatable bonds is 3. The van der Waals surface area contributed by atoms with E-state index in [0.717, 1.165) is 17.8 Å². The summed E-state index contributed by atoms with van der Waals surface area (Å²) in [5, 5.41) is 2.98. The van der Waals surface area contributed by atoms with E-state index < -0.39 is 0 Å². The molecule has 4 heteroatoms. The van der Waals surface area contributed by atoms with Gasteiger partial charge in [-0.05, 0) is 30.7 Å². The van der Waals surface area contributed by atoms with E-state index in [1.807, 2.05) is 11.8 Å². The van der Waals surface area contributed by atoms with Crippen LogP contribution in [-0.4, -0.2) is 40.3 Å². The summed E-state index contributed by atoms with van der Waals surface area (Å²) in [6.45, 7) is 3.34. The fourth-order valence-electron chi connectivity index (χ4n) is 2.93. The van der Waals surface area contributed by atoms with Gasteiger partial charge in [-0.25, -0.2) is 0 Å². The van der Waals surface area contributed by atoms with E-state index in [1.54, 1.807) is 0 Å². The van der Waals surface area contributed by atoms with Crippen molar-refractivity contribution in [3.63, 3.8) is 0 Å². The Morgan fingerprint density at radius 3 is 2.60 bits per heavy atom. The minimum atomic E-state index is 0.645. The van der Waals surface area contributed by atoms with Crippen molar-refractivity contribution in [3.05, 3.63) is 35.9 Å². The van der Waals surface area contributed by atoms with Crippen molar-refractivity contribution in [3.8, 4) is 0 Å². The van der Waals surface area contributed by atoms with E-state index in [4.69, 9.17) is 4.99 Å². The van der Waals surface area contributed by atoms with Gasteiger partial charge in [-0.15, -0.1) is 0 Å². The third-order valence-corrected chi connectivity index (χ3v) is 6.58. The van der Waals surface area contributed by atoms with Crippen LogP contribution in [0.3, 0.4) is 0 Å². The van der Waals surface area contributed by atoms with Crippen molar-refractivity contribution in [1.82, 2.24) is 4.90 Å². The topological polar surface area (TPSA) is 15.6 Å². The van der Waals surface area contributed by atoms with Crippen LogP contribution in [0.15, 0.2) is 35.3 Å². The van der Waals surface area contributed by atoms with E-state index in [-0.39, 0.29) is 0 Å². The van der Waals surface area contributed by atoms with E-state index in [9.17, 15) is 0 Å². The Hall–Kier alpha value is -0.480. The highest BCUT2D eigenvalue weighted by molar-refractivity contribution is 9.09. The van der Waals surface area contributed by atoms with Crippen molar-refractivity contribution in [2.75, 3.05) is 25.0 Å². The molecule has 1 aromatic carbocycles. The zero-order chi connectivity index (χ0) is 13.8. The zero-order valence-corrected chi connectivity index (χ0v) is 14.1. The molecule has 0 bridgehead atoms. The summed E-state index contributed by atoms with van der Waals surface area (Å²) in [6, 6.07) is 10.9. The Morgan fingerprint density at radius 1 is 1.20 bits per heavy atom. The van der Waals surface area contributed by atoms with Crippen LogP contribution in [0.25, 0.3) is 0 Å². The maximum atomic E-state index is 4.70. The summed E-state index contributed by atoms with van der Waals surface area (Å²) in [6.07, 6.45) is 3.83. The molecule has 0 spiro atoms. The van der Waals surface area contributed by atoms with E-state index in [2.05, 4.69) is 51.2 Å². The monoisotopic (exact) mass is 352 g/mol. The van der Waals surface area contributed by atoms with E-state index >= 15 is 0 Å². The SMILES string of the molecule is BrCC1CN=C(N2CCC(Cc3ccccc3)CC2)S1. The minimum absolute atomic E-state index is 0.645. The predicted octanol–water partition coefficient (Wildman–Crippen LogP) is 3.81. The van der Waals surface area contributed by atoms with Crippen LogP contribution in [0.5, 0.6) is 0 Å². The molecule has 0 aliphatic carbocycles. The summed E-state index contributed by atoms with van der Waals surface area (Å²) < 4.78 is 0. The molecule has 20 heavy (non-hydrogen) atoms. The molecule has 1 atom stereocenters. The molecule has 1 saturated heterocycles. The molecule has 2 aliphatic rings. The molecule has 3 rings (SSSR count). The lowest BCUT2D eigenvalue weighted by molar-refractivity contribution is 0.269. The van der Waals surface area contributed by atoms with Crippen molar-refractivity contribution < 1.29 is 0 Å². The molecule has 1 aromatic rings. The number of amidine groups is 1. The first-order chi connectivity index (χ1) is 9.85. The number of halogens is 1. The normalized spacial score (nSPS) is 23.9. The molecule has 0 aromatic heterocycles. The Balaban J connectivity index is 1.48. The standard InChI is InChI=1S/C16H21BrN2S/c17-11-15-12-18-16(20-15)19-8-6-14(7-9-19)10-13-4-2-1-3-5-13/h1-5,14-15H,6-12H2. The summed E-state index contributed by atoms with van der Waals surface area (Å²) in [7, 11) is 0. The molecule has 0 N–H and O–H groups in total. The molecule has 1 fully saturated rings. The van der Waals surface area contributed by atoms with Gasteiger partial charge in [0.05, 0.1) is 6.54 Å². The second-order valence-electron chi connectivity index (χ2n) is 5.64. The molecule has 2 aliphatic heterocycles. The highest BCUT2D eigenvalue weighted by atomic mass is 79.9. The first kappa shape index (κ1) is 14.5. The van der Waals surface area contributed by atoms with Gasteiger partial charge in [-0.3, -0.25) is 4.99 Å². The molecule has 2 nitrogen and oxygen atoms in total. The number of piperidine rings is 1. The van der Waals surface area contributed by atoms with Gasteiger partial charge in [0.1, 0.15) is 0 Å². The Bertz CT molecular complexity index is 455. The average molecular weight is 353 g/mol. The van der Waals surface area contributed by atoms with E-state index in [0.29, 0.717) is 5.25 Å². The minimum Gasteiger partial charge on any atom is -0.351 e. The number of hydrogen-bond donors (Lipinski definition) is 0. The molecule has 0 saturated carbocycles. The van der Waals surface area contributed by atoms with Crippen LogP contribution in [-0.2, 0) is 6.42 Å². The van der Waals surface area contributed by atoms with Gasteiger partial charge < -0.3 is 4.90 Å². The number of thioether (sulfide) groups is 1. The number of hydrogen-bond acceptors (Lipinski definition) is 3. The number of nitrogens with zero attached hydrogens (tertiary/aromatic N) is 2. The molecule has 108 valence electrons. The number of likely N-dealkylation sites (tertiary alicyclic amines) is 1. The van der Waals surface area contributed by atoms with Gasteiger partial charge in [0, 0.05) is 23.7 Å². The number of alkyl halides is 1. The van der Waals surface area contributed by atoms with Gasteiger partial charge in [0.15, 0.2) is 5.17 Å². The van der Waals surface area contributed by atoms with Gasteiger partial charge in [0.2, 0.25) is 0 Å². The quantitative estimate of drug-likeness (QED) is 0.768. The Morgan fingerprint density at radius 2 is 1.95 bits per heavy atom. The lowest BCUT2D eigenvalue weighted by Crippen LogP contribution is -2.37. The second kappa shape index (κ2) is 6.99. The number of aliphatic imine (C=N–C) groups is 1. The van der Waals surface area contributed by atoms with Crippen LogP contribution >= 0.6 is 27.7 Å². The van der Waals surface area contributed by atoms with Crippen LogP contribution < -0.4 is 0 Å². The average Bonchev–Trinajstić information content (AvgIpc) is 2.98.